The lowest BCUT2D eigenvalue weighted by Gasteiger charge is -2.35. The van der Waals surface area contributed by atoms with Crippen molar-refractivity contribution in [3.05, 3.63) is 26.9 Å². The molecular formula is C20H33N5O4. The van der Waals surface area contributed by atoms with E-state index < -0.39 is 0 Å². The Bertz CT molecular complexity index is 812. The van der Waals surface area contributed by atoms with Crippen molar-refractivity contribution in [2.45, 2.75) is 32.7 Å². The Morgan fingerprint density at radius 1 is 1.21 bits per heavy atom. The highest BCUT2D eigenvalue weighted by molar-refractivity contribution is 5.79. The molecule has 1 N–H and O–H groups in total. The summed E-state index contributed by atoms with van der Waals surface area (Å²) in [6.07, 6.45) is 2.48. The molecule has 9 nitrogen and oxygen atoms in total. The van der Waals surface area contributed by atoms with E-state index in [4.69, 9.17) is 4.74 Å². The largest absolute Gasteiger partial charge is 0.379 e. The zero-order chi connectivity index (χ0) is 20.8. The molecule has 1 unspecified atom stereocenters. The Hall–Kier alpha value is -2.13. The molecule has 3 rings (SSSR count). The summed E-state index contributed by atoms with van der Waals surface area (Å²) in [5.74, 6) is 0.546. The van der Waals surface area contributed by atoms with E-state index in [-0.39, 0.29) is 23.1 Å². The van der Waals surface area contributed by atoms with Gasteiger partial charge in [-0.2, -0.15) is 0 Å². The van der Waals surface area contributed by atoms with Crippen LogP contribution in [-0.4, -0.2) is 72.4 Å². The molecule has 0 radical (unpaired) electrons. The van der Waals surface area contributed by atoms with Crippen LogP contribution in [0.4, 0.5) is 5.82 Å². The summed E-state index contributed by atoms with van der Waals surface area (Å²) in [6, 6.07) is 1.52. The first kappa shape index (κ1) is 21.6. The lowest BCUT2D eigenvalue weighted by molar-refractivity contribution is -0.125. The van der Waals surface area contributed by atoms with Gasteiger partial charge < -0.3 is 15.0 Å². The van der Waals surface area contributed by atoms with E-state index in [1.807, 2.05) is 11.8 Å². The van der Waals surface area contributed by atoms with Crippen LogP contribution in [0.3, 0.4) is 0 Å². The van der Waals surface area contributed by atoms with Gasteiger partial charge in [0, 0.05) is 58.9 Å². The molecule has 9 heteroatoms. The number of hydrogen-bond donors (Lipinski definition) is 1. The maximum absolute atomic E-state index is 12.7. The molecule has 29 heavy (non-hydrogen) atoms. The van der Waals surface area contributed by atoms with Crippen LogP contribution < -0.4 is 21.5 Å². The van der Waals surface area contributed by atoms with Crippen molar-refractivity contribution in [2.24, 2.45) is 13.0 Å². The van der Waals surface area contributed by atoms with Crippen LogP contribution in [0.2, 0.25) is 0 Å². The third-order valence-corrected chi connectivity index (χ3v) is 5.77. The van der Waals surface area contributed by atoms with Crippen molar-refractivity contribution in [1.29, 1.82) is 0 Å². The Labute approximate surface area is 171 Å². The summed E-state index contributed by atoms with van der Waals surface area (Å²) in [6.45, 7) is 8.60. The molecule has 0 bridgehead atoms. The molecule has 3 heterocycles. The van der Waals surface area contributed by atoms with Crippen molar-refractivity contribution >= 4 is 11.7 Å². The van der Waals surface area contributed by atoms with Gasteiger partial charge in [-0.3, -0.25) is 23.6 Å². The molecule has 2 aliphatic heterocycles. The number of piperidine rings is 1. The first-order chi connectivity index (χ1) is 14.0. The SMILES string of the molecule is CCCn1c(N2CCCC(C(=O)NCCN3CCOCC3)C2)cc(=O)n(C)c1=O. The third kappa shape index (κ3) is 5.27. The van der Waals surface area contributed by atoms with Crippen LogP contribution >= 0.6 is 0 Å². The number of ether oxygens (including phenoxy) is 1. The van der Waals surface area contributed by atoms with E-state index >= 15 is 0 Å². The van der Waals surface area contributed by atoms with Crippen LogP contribution in [0.1, 0.15) is 26.2 Å². The first-order valence-corrected chi connectivity index (χ1v) is 10.6. The Balaban J connectivity index is 1.63. The minimum atomic E-state index is -0.311. The van der Waals surface area contributed by atoms with E-state index in [0.717, 1.165) is 63.2 Å². The first-order valence-electron chi connectivity index (χ1n) is 10.6. The number of rotatable bonds is 7. The predicted octanol–water partition coefficient (Wildman–Crippen LogP) is -0.378. The van der Waals surface area contributed by atoms with Crippen molar-refractivity contribution in [3.8, 4) is 0 Å². The van der Waals surface area contributed by atoms with Crippen LogP contribution in [0.5, 0.6) is 0 Å². The molecule has 1 aromatic heterocycles. The lowest BCUT2D eigenvalue weighted by atomic mass is 9.97. The number of anilines is 1. The van der Waals surface area contributed by atoms with E-state index in [1.54, 1.807) is 4.57 Å². The third-order valence-electron chi connectivity index (χ3n) is 5.77. The molecule has 2 aliphatic rings. The van der Waals surface area contributed by atoms with Gasteiger partial charge in [0.1, 0.15) is 5.82 Å². The van der Waals surface area contributed by atoms with Crippen molar-refractivity contribution < 1.29 is 9.53 Å². The molecule has 2 saturated heterocycles. The molecule has 1 atom stereocenters. The van der Waals surface area contributed by atoms with Gasteiger partial charge in [0.2, 0.25) is 5.91 Å². The zero-order valence-electron chi connectivity index (χ0n) is 17.6. The second-order valence-corrected chi connectivity index (χ2v) is 7.86. The normalized spacial score (nSPS) is 20.6. The second kappa shape index (κ2) is 10.1. The van der Waals surface area contributed by atoms with Gasteiger partial charge in [0.25, 0.3) is 5.56 Å². The monoisotopic (exact) mass is 407 g/mol. The molecule has 0 aliphatic carbocycles. The van der Waals surface area contributed by atoms with Crippen LogP contribution in [-0.2, 0) is 23.1 Å². The Morgan fingerprint density at radius 2 is 1.97 bits per heavy atom. The van der Waals surface area contributed by atoms with Gasteiger partial charge in [-0.15, -0.1) is 0 Å². The van der Waals surface area contributed by atoms with Gasteiger partial charge >= 0.3 is 5.69 Å². The predicted molar refractivity (Wildman–Crippen MR) is 111 cm³/mol. The molecular weight excluding hydrogens is 374 g/mol. The van der Waals surface area contributed by atoms with Gasteiger partial charge in [0.05, 0.1) is 19.1 Å². The maximum atomic E-state index is 12.7. The fraction of sp³-hybridized carbons (Fsp3) is 0.750. The Kier molecular flexibility index (Phi) is 7.49. The van der Waals surface area contributed by atoms with Crippen LogP contribution in [0.25, 0.3) is 0 Å². The summed E-state index contributed by atoms with van der Waals surface area (Å²) >= 11 is 0. The number of morpholine rings is 1. The number of nitrogens with zero attached hydrogens (tertiary/aromatic N) is 4. The smallest absolute Gasteiger partial charge is 0.332 e. The molecule has 0 aromatic carbocycles. The van der Waals surface area contributed by atoms with E-state index in [2.05, 4.69) is 10.2 Å². The summed E-state index contributed by atoms with van der Waals surface area (Å²) in [5.41, 5.74) is -0.610. The number of amides is 1. The minimum absolute atomic E-state index is 0.0520. The number of nitrogens with one attached hydrogen (secondary N) is 1. The summed E-state index contributed by atoms with van der Waals surface area (Å²) in [4.78, 5) is 41.8. The summed E-state index contributed by atoms with van der Waals surface area (Å²) < 4.78 is 8.14. The van der Waals surface area contributed by atoms with Gasteiger partial charge in [0.15, 0.2) is 0 Å². The van der Waals surface area contributed by atoms with Crippen molar-refractivity contribution in [1.82, 2.24) is 19.4 Å². The highest BCUT2D eigenvalue weighted by atomic mass is 16.5. The average molecular weight is 408 g/mol. The van der Waals surface area contributed by atoms with E-state index in [9.17, 15) is 14.4 Å². The average Bonchev–Trinajstić information content (AvgIpc) is 2.75. The number of carbonyl (C=O) groups is 1. The highest BCUT2D eigenvalue weighted by Crippen LogP contribution is 2.22. The molecule has 1 aromatic rings. The molecule has 2 fully saturated rings. The van der Waals surface area contributed by atoms with Crippen LogP contribution in [0, 0.1) is 5.92 Å². The fourth-order valence-corrected chi connectivity index (χ4v) is 4.06. The quantitative estimate of drug-likeness (QED) is 0.663. The van der Waals surface area contributed by atoms with Gasteiger partial charge in [-0.05, 0) is 19.3 Å². The van der Waals surface area contributed by atoms with Gasteiger partial charge in [-0.25, -0.2) is 4.79 Å². The molecule has 0 spiro atoms. The zero-order valence-corrected chi connectivity index (χ0v) is 17.6. The number of hydrogen-bond acceptors (Lipinski definition) is 6. The molecule has 162 valence electrons. The number of carbonyl (C=O) groups excluding carboxylic acids is 1. The topological polar surface area (TPSA) is 88.8 Å². The molecule has 0 saturated carbocycles. The second-order valence-electron chi connectivity index (χ2n) is 7.86. The molecule has 1 amide bonds. The van der Waals surface area contributed by atoms with Crippen LogP contribution in [0.15, 0.2) is 15.7 Å². The van der Waals surface area contributed by atoms with Crippen molar-refractivity contribution in [3.63, 3.8) is 0 Å². The highest BCUT2D eigenvalue weighted by Gasteiger charge is 2.28. The lowest BCUT2D eigenvalue weighted by Crippen LogP contribution is -2.48. The summed E-state index contributed by atoms with van der Waals surface area (Å²) in [7, 11) is 1.50. The maximum Gasteiger partial charge on any atom is 0.332 e. The van der Waals surface area contributed by atoms with E-state index in [0.29, 0.717) is 25.5 Å². The number of aromatic nitrogens is 2. The minimum Gasteiger partial charge on any atom is -0.379 e. The van der Waals surface area contributed by atoms with Gasteiger partial charge in [-0.1, -0.05) is 6.92 Å². The van der Waals surface area contributed by atoms with E-state index in [1.165, 1.54) is 13.1 Å². The summed E-state index contributed by atoms with van der Waals surface area (Å²) in [5, 5.41) is 3.06. The Morgan fingerprint density at radius 3 is 2.69 bits per heavy atom. The van der Waals surface area contributed by atoms with Crippen molar-refractivity contribution in [2.75, 3.05) is 57.4 Å². The fourth-order valence-electron chi connectivity index (χ4n) is 4.06. The standard InChI is InChI=1S/C20H33N5O4/c1-3-7-25-17(14-18(26)22(2)20(25)28)24-8-4-5-16(15-24)19(27)21-6-9-23-10-12-29-13-11-23/h14,16H,3-13,15H2,1-2H3,(H,21,27).